The van der Waals surface area contributed by atoms with E-state index in [0.717, 1.165) is 23.3 Å². The number of aromatic amines is 1. The molecule has 1 fully saturated rings. The van der Waals surface area contributed by atoms with Crippen LogP contribution < -0.4 is 5.56 Å². The average molecular weight is 513 g/mol. The van der Waals surface area contributed by atoms with Crippen LogP contribution in [-0.2, 0) is 4.74 Å². The molecule has 2 aliphatic rings. The van der Waals surface area contributed by atoms with E-state index >= 15 is 0 Å². The zero-order valence-corrected chi connectivity index (χ0v) is 23.1. The van der Waals surface area contributed by atoms with E-state index in [1.54, 1.807) is 12.2 Å². The lowest BCUT2D eigenvalue weighted by Crippen LogP contribution is -2.12. The molecule has 0 aromatic carbocycles. The highest BCUT2D eigenvalue weighted by molar-refractivity contribution is 6.32. The van der Waals surface area contributed by atoms with Gasteiger partial charge in [-0.05, 0) is 33.3 Å². The highest BCUT2D eigenvalue weighted by Gasteiger charge is 2.08. The number of fused-ring (bicyclic) bond motifs is 1. The molecule has 2 heterocycles. The zero-order valence-electron chi connectivity index (χ0n) is 22.4. The lowest BCUT2D eigenvalue weighted by atomic mass is 10.2. The Morgan fingerprint density at radius 1 is 1.17 bits per heavy atom. The van der Waals surface area contributed by atoms with Gasteiger partial charge in [0.15, 0.2) is 5.82 Å². The molecule has 2 aliphatic carbocycles. The SMILES string of the molecule is C1CCCC1.C=C/C=C(Cl)\C(C)=C(/C)OCC.CC.O=c1ccnc2nc(C3=CC=CC=CC3)[nH]n12. The van der Waals surface area contributed by atoms with E-state index < -0.39 is 0 Å². The van der Waals surface area contributed by atoms with Crippen LogP contribution in [0.2, 0.25) is 0 Å². The van der Waals surface area contributed by atoms with E-state index in [1.807, 2.05) is 65.0 Å². The molecule has 0 radical (unpaired) electrons. The third-order valence-electron chi connectivity index (χ3n) is 5.32. The van der Waals surface area contributed by atoms with Gasteiger partial charge in [-0.3, -0.25) is 9.89 Å². The third-order valence-corrected chi connectivity index (χ3v) is 5.73. The van der Waals surface area contributed by atoms with Crippen molar-refractivity contribution >= 4 is 23.0 Å². The first-order valence-electron chi connectivity index (χ1n) is 12.7. The Balaban J connectivity index is 0.000000297. The van der Waals surface area contributed by atoms with Gasteiger partial charge in [0.2, 0.25) is 0 Å². The fourth-order valence-electron chi connectivity index (χ4n) is 3.32. The van der Waals surface area contributed by atoms with Crippen molar-refractivity contribution in [1.82, 2.24) is 19.6 Å². The van der Waals surface area contributed by atoms with Gasteiger partial charge in [-0.25, -0.2) is 4.98 Å². The molecule has 6 nitrogen and oxygen atoms in total. The standard InChI is InChI=1S/C12H10N4O.C10H15ClO.C5H10.C2H6/c17-10-7-8-13-12-14-11(15-16(10)12)9-5-3-1-2-4-6-9;1-5-7-10(11)8(3)9(4)12-6-2;1-2-4-5-3-1;1-2/h1-5,7-8H,6H2,(H,13,14,15);5,7H,1,6H2,2-4H3;1-5H2;1-2H3/b;9-8+,10-7+;;. The van der Waals surface area contributed by atoms with Gasteiger partial charge in [0.05, 0.1) is 12.4 Å². The van der Waals surface area contributed by atoms with Crippen LogP contribution in [0.15, 0.2) is 82.5 Å². The maximum absolute atomic E-state index is 11.5. The van der Waals surface area contributed by atoms with Crippen LogP contribution in [0.1, 0.15) is 79.0 Å². The molecule has 196 valence electrons. The van der Waals surface area contributed by atoms with Crippen molar-refractivity contribution in [2.75, 3.05) is 6.61 Å². The number of halogens is 1. The van der Waals surface area contributed by atoms with Gasteiger partial charge in [-0.2, -0.15) is 9.50 Å². The van der Waals surface area contributed by atoms with Gasteiger partial charge < -0.3 is 4.74 Å². The molecule has 1 saturated carbocycles. The van der Waals surface area contributed by atoms with E-state index in [0.29, 0.717) is 23.2 Å². The van der Waals surface area contributed by atoms with Gasteiger partial charge in [0.1, 0.15) is 0 Å². The van der Waals surface area contributed by atoms with Gasteiger partial charge in [0, 0.05) is 28.4 Å². The molecular weight excluding hydrogens is 472 g/mol. The topological polar surface area (TPSA) is 72.3 Å². The van der Waals surface area contributed by atoms with Crippen molar-refractivity contribution in [2.45, 2.75) is 73.1 Å². The second-order valence-electron chi connectivity index (χ2n) is 7.83. The first-order valence-corrected chi connectivity index (χ1v) is 13.1. The number of nitrogens with zero attached hydrogens (tertiary/aromatic N) is 3. The van der Waals surface area contributed by atoms with E-state index in [4.69, 9.17) is 16.3 Å². The molecule has 0 bridgehead atoms. The Bertz CT molecular complexity index is 1140. The van der Waals surface area contributed by atoms with Gasteiger partial charge >= 0.3 is 0 Å². The van der Waals surface area contributed by atoms with E-state index in [2.05, 4.69) is 21.6 Å². The van der Waals surface area contributed by atoms with E-state index in [9.17, 15) is 4.79 Å². The second-order valence-corrected chi connectivity index (χ2v) is 8.24. The van der Waals surface area contributed by atoms with E-state index in [1.165, 1.54) is 48.9 Å². The van der Waals surface area contributed by atoms with Gasteiger partial charge in [0.25, 0.3) is 11.3 Å². The third kappa shape index (κ3) is 10.6. The predicted octanol–water partition coefficient (Wildman–Crippen LogP) is 7.92. The molecule has 0 amide bonds. The van der Waals surface area contributed by atoms with E-state index in [-0.39, 0.29) is 5.56 Å². The Kier molecular flexibility index (Phi) is 15.6. The highest BCUT2D eigenvalue weighted by Crippen LogP contribution is 2.19. The minimum atomic E-state index is -0.158. The van der Waals surface area contributed by atoms with Crippen LogP contribution in [0.25, 0.3) is 11.4 Å². The molecule has 0 atom stereocenters. The summed E-state index contributed by atoms with van der Waals surface area (Å²) in [7, 11) is 0. The van der Waals surface area contributed by atoms with Crippen molar-refractivity contribution in [3.05, 3.63) is 93.9 Å². The smallest absolute Gasteiger partial charge is 0.273 e. The number of nitrogens with one attached hydrogen (secondary N) is 1. The normalized spacial score (nSPS) is 15.2. The number of hydrogen-bond acceptors (Lipinski definition) is 4. The molecular formula is C29H41ClN4O2. The number of H-pyrrole nitrogens is 1. The monoisotopic (exact) mass is 512 g/mol. The van der Waals surface area contributed by atoms with Crippen LogP contribution in [-0.4, -0.2) is 26.2 Å². The molecule has 0 unspecified atom stereocenters. The number of rotatable bonds is 5. The summed E-state index contributed by atoms with van der Waals surface area (Å²) in [5, 5.41) is 3.63. The minimum absolute atomic E-state index is 0.158. The summed E-state index contributed by atoms with van der Waals surface area (Å²) in [4.78, 5) is 19.9. The van der Waals surface area contributed by atoms with Gasteiger partial charge in [-0.1, -0.05) is 101 Å². The molecule has 4 rings (SSSR count). The molecule has 2 aromatic heterocycles. The molecule has 1 N–H and O–H groups in total. The molecule has 0 aliphatic heterocycles. The summed E-state index contributed by atoms with van der Waals surface area (Å²) in [6.07, 6.45) is 23.1. The van der Waals surface area contributed by atoms with Gasteiger partial charge in [-0.15, -0.1) is 0 Å². The maximum Gasteiger partial charge on any atom is 0.273 e. The maximum atomic E-state index is 11.5. The Labute approximate surface area is 220 Å². The molecule has 2 aromatic rings. The Morgan fingerprint density at radius 3 is 2.42 bits per heavy atom. The first kappa shape index (κ1) is 30.9. The van der Waals surface area contributed by atoms with Crippen LogP contribution in [0, 0.1) is 0 Å². The second kappa shape index (κ2) is 18.2. The minimum Gasteiger partial charge on any atom is -0.498 e. The van der Waals surface area contributed by atoms with Crippen LogP contribution in [0.4, 0.5) is 0 Å². The average Bonchev–Trinajstić information content (AvgIpc) is 3.55. The summed E-state index contributed by atoms with van der Waals surface area (Å²) in [6.45, 7) is 14.0. The summed E-state index contributed by atoms with van der Waals surface area (Å²) in [5.41, 5.74) is 1.83. The molecule has 7 heteroatoms. The Morgan fingerprint density at radius 2 is 1.83 bits per heavy atom. The van der Waals surface area contributed by atoms with Crippen molar-refractivity contribution in [2.24, 2.45) is 0 Å². The van der Waals surface area contributed by atoms with Crippen LogP contribution in [0.5, 0.6) is 0 Å². The first-order chi connectivity index (χ1) is 17.5. The zero-order chi connectivity index (χ0) is 26.8. The quantitative estimate of drug-likeness (QED) is 0.326. The summed E-state index contributed by atoms with van der Waals surface area (Å²) in [6, 6.07) is 1.40. The summed E-state index contributed by atoms with van der Waals surface area (Å²) < 4.78 is 6.63. The summed E-state index contributed by atoms with van der Waals surface area (Å²) in [5.74, 6) is 1.93. The highest BCUT2D eigenvalue weighted by atomic mass is 35.5. The fourth-order valence-corrected chi connectivity index (χ4v) is 3.54. The lowest BCUT2D eigenvalue weighted by Gasteiger charge is -2.06. The number of aromatic nitrogens is 4. The molecule has 0 saturated heterocycles. The largest absolute Gasteiger partial charge is 0.498 e. The van der Waals surface area contributed by atoms with Crippen molar-refractivity contribution in [1.29, 1.82) is 0 Å². The number of allylic oxidation sites excluding steroid dienone is 11. The van der Waals surface area contributed by atoms with Crippen molar-refractivity contribution in [3.63, 3.8) is 0 Å². The Hall–Kier alpha value is -3.12. The van der Waals surface area contributed by atoms with Crippen molar-refractivity contribution < 1.29 is 4.74 Å². The fraction of sp³-hybridized carbons (Fsp3) is 0.414. The predicted molar refractivity (Wildman–Crippen MR) is 153 cm³/mol. The van der Waals surface area contributed by atoms with Crippen molar-refractivity contribution in [3.8, 4) is 0 Å². The van der Waals surface area contributed by atoms with Crippen LogP contribution in [0.3, 0.4) is 0 Å². The summed E-state index contributed by atoms with van der Waals surface area (Å²) >= 11 is 5.91. The molecule has 0 spiro atoms. The van der Waals surface area contributed by atoms with Crippen LogP contribution >= 0.6 is 11.6 Å². The molecule has 36 heavy (non-hydrogen) atoms. The number of ether oxygens (including phenoxy) is 1. The number of hydrogen-bond donors (Lipinski definition) is 1. The lowest BCUT2D eigenvalue weighted by molar-refractivity contribution is 0.228.